The molecule has 126 valence electrons. The highest BCUT2D eigenvalue weighted by molar-refractivity contribution is 5.91. The van der Waals surface area contributed by atoms with E-state index in [4.69, 9.17) is 0 Å². The zero-order chi connectivity index (χ0) is 16.2. The van der Waals surface area contributed by atoms with Crippen LogP contribution in [0.25, 0.3) is 0 Å². The van der Waals surface area contributed by atoms with E-state index in [-0.39, 0.29) is 5.41 Å². The first kappa shape index (κ1) is 15.6. The molecule has 0 radical (unpaired) electrons. The number of ketones is 1. The number of rotatable bonds is 2. The fraction of sp³-hybridized carbons (Fsp3) is 0.762. The van der Waals surface area contributed by atoms with E-state index in [0.29, 0.717) is 17.6 Å². The molecule has 3 saturated carbocycles. The molecule has 4 aliphatic rings. The Balaban J connectivity index is 1.62. The van der Waals surface area contributed by atoms with E-state index in [2.05, 4.69) is 13.5 Å². The molecule has 23 heavy (non-hydrogen) atoms. The average Bonchev–Trinajstić information content (AvgIpc) is 2.79. The lowest BCUT2D eigenvalue weighted by Gasteiger charge is -2.55. The van der Waals surface area contributed by atoms with Crippen molar-refractivity contribution >= 4 is 5.78 Å². The van der Waals surface area contributed by atoms with E-state index >= 15 is 0 Å². The Bertz CT molecular complexity index is 562. The molecule has 0 aromatic heterocycles. The van der Waals surface area contributed by atoms with E-state index in [1.807, 2.05) is 12.2 Å². The number of hydrogen-bond donors (Lipinski definition) is 1. The van der Waals surface area contributed by atoms with Gasteiger partial charge in [-0.15, -0.1) is 6.58 Å². The van der Waals surface area contributed by atoms with Gasteiger partial charge in [-0.1, -0.05) is 18.6 Å². The number of hydrogen-bond acceptors (Lipinski definition) is 2. The van der Waals surface area contributed by atoms with Gasteiger partial charge in [-0.25, -0.2) is 0 Å². The lowest BCUT2D eigenvalue weighted by Crippen LogP contribution is -2.52. The Morgan fingerprint density at radius 2 is 2.04 bits per heavy atom. The van der Waals surface area contributed by atoms with Crippen molar-refractivity contribution < 1.29 is 9.90 Å². The van der Waals surface area contributed by atoms with Gasteiger partial charge in [0.25, 0.3) is 0 Å². The number of fused-ring (bicyclic) bond motifs is 5. The zero-order valence-corrected chi connectivity index (χ0v) is 14.4. The van der Waals surface area contributed by atoms with Crippen LogP contribution in [-0.2, 0) is 4.79 Å². The van der Waals surface area contributed by atoms with Gasteiger partial charge in [-0.05, 0) is 86.5 Å². The van der Waals surface area contributed by atoms with Gasteiger partial charge in [0.1, 0.15) is 0 Å². The highest BCUT2D eigenvalue weighted by atomic mass is 16.3. The van der Waals surface area contributed by atoms with Crippen LogP contribution in [0.3, 0.4) is 0 Å². The highest BCUT2D eigenvalue weighted by Gasteiger charge is 2.61. The molecule has 3 fully saturated rings. The Labute approximate surface area is 140 Å². The summed E-state index contributed by atoms with van der Waals surface area (Å²) in [6.07, 6.45) is 13.3. The van der Waals surface area contributed by atoms with Crippen molar-refractivity contribution in [1.29, 1.82) is 0 Å². The van der Waals surface area contributed by atoms with Crippen molar-refractivity contribution in [3.63, 3.8) is 0 Å². The number of aliphatic hydroxyl groups is 1. The van der Waals surface area contributed by atoms with Gasteiger partial charge in [-0.2, -0.15) is 0 Å². The second-order valence-electron chi connectivity index (χ2n) is 8.82. The van der Waals surface area contributed by atoms with E-state index in [1.54, 1.807) is 0 Å². The van der Waals surface area contributed by atoms with Gasteiger partial charge < -0.3 is 5.11 Å². The van der Waals surface area contributed by atoms with Crippen molar-refractivity contribution in [2.24, 2.45) is 29.1 Å². The molecule has 0 saturated heterocycles. The summed E-state index contributed by atoms with van der Waals surface area (Å²) in [6, 6.07) is 0. The summed E-state index contributed by atoms with van der Waals surface area (Å²) in [5.74, 6) is 3.17. The van der Waals surface area contributed by atoms with Crippen LogP contribution in [0.4, 0.5) is 0 Å². The molecule has 0 amide bonds. The van der Waals surface area contributed by atoms with Gasteiger partial charge in [-0.3, -0.25) is 4.79 Å². The molecule has 4 rings (SSSR count). The largest absolute Gasteiger partial charge is 0.389 e. The number of carbonyl (C=O) groups excluding carboxylic acids is 1. The summed E-state index contributed by atoms with van der Waals surface area (Å²) in [7, 11) is 0. The highest BCUT2D eigenvalue weighted by Crippen LogP contribution is 2.65. The van der Waals surface area contributed by atoms with Crippen LogP contribution in [0.15, 0.2) is 24.3 Å². The molecule has 0 aliphatic heterocycles. The van der Waals surface area contributed by atoms with E-state index in [1.165, 1.54) is 24.8 Å². The predicted molar refractivity (Wildman–Crippen MR) is 91.9 cm³/mol. The van der Waals surface area contributed by atoms with Crippen LogP contribution in [0, 0.1) is 29.1 Å². The Morgan fingerprint density at radius 3 is 2.83 bits per heavy atom. The molecule has 4 aliphatic carbocycles. The molecule has 2 heteroatoms. The summed E-state index contributed by atoms with van der Waals surface area (Å²) < 4.78 is 0. The Morgan fingerprint density at radius 1 is 1.22 bits per heavy atom. The lowest BCUT2D eigenvalue weighted by atomic mass is 9.50. The molecule has 0 spiro atoms. The summed E-state index contributed by atoms with van der Waals surface area (Å²) in [5.41, 5.74) is 0.974. The second kappa shape index (κ2) is 5.31. The molecule has 0 aromatic carbocycles. The Hall–Kier alpha value is -0.890. The summed E-state index contributed by atoms with van der Waals surface area (Å²) >= 11 is 0. The predicted octanol–water partition coefficient (Wildman–Crippen LogP) is 4.44. The molecule has 0 bridgehead atoms. The van der Waals surface area contributed by atoms with Crippen molar-refractivity contribution in [1.82, 2.24) is 0 Å². The number of allylic oxidation sites excluding steroid dienone is 1. The van der Waals surface area contributed by atoms with Crippen LogP contribution in [0.5, 0.6) is 0 Å². The van der Waals surface area contributed by atoms with Crippen molar-refractivity contribution in [2.75, 3.05) is 0 Å². The third-order valence-electron chi connectivity index (χ3n) is 8.10. The monoisotopic (exact) mass is 314 g/mol. The molecule has 0 unspecified atom stereocenters. The lowest BCUT2D eigenvalue weighted by molar-refractivity contribution is -0.120. The second-order valence-corrected chi connectivity index (χ2v) is 8.82. The van der Waals surface area contributed by atoms with E-state index in [0.717, 1.165) is 50.4 Å². The molecule has 6 atom stereocenters. The minimum atomic E-state index is -0.539. The van der Waals surface area contributed by atoms with Crippen LogP contribution in [-0.4, -0.2) is 16.5 Å². The maximum atomic E-state index is 11.7. The maximum absolute atomic E-state index is 11.7. The third kappa shape index (κ3) is 2.13. The average molecular weight is 314 g/mol. The Kier molecular flexibility index (Phi) is 3.61. The minimum Gasteiger partial charge on any atom is -0.389 e. The fourth-order valence-corrected chi connectivity index (χ4v) is 6.87. The maximum Gasteiger partial charge on any atom is 0.155 e. The van der Waals surface area contributed by atoms with Crippen LogP contribution >= 0.6 is 0 Å². The van der Waals surface area contributed by atoms with Crippen LogP contribution in [0.2, 0.25) is 0 Å². The molecule has 0 aromatic rings. The van der Waals surface area contributed by atoms with Crippen LogP contribution in [0.1, 0.15) is 64.7 Å². The first-order valence-corrected chi connectivity index (χ1v) is 9.55. The summed E-state index contributed by atoms with van der Waals surface area (Å²) in [4.78, 5) is 11.7. The van der Waals surface area contributed by atoms with E-state index in [9.17, 15) is 9.90 Å². The quantitative estimate of drug-likeness (QED) is 0.765. The van der Waals surface area contributed by atoms with Crippen molar-refractivity contribution in [3.05, 3.63) is 24.3 Å². The molecule has 0 heterocycles. The van der Waals surface area contributed by atoms with Gasteiger partial charge in [0.2, 0.25) is 0 Å². The summed E-state index contributed by atoms with van der Waals surface area (Å²) in [5, 5.41) is 11.3. The fourth-order valence-electron chi connectivity index (χ4n) is 6.87. The van der Waals surface area contributed by atoms with Gasteiger partial charge in [0.15, 0.2) is 5.78 Å². The SMILES string of the molecule is C=CC[C@]1(O)CC[C@H]2[C@@H]3CCC4=CC(=O)CC[C@@H]4[C@H]3CC[C@@]21C. The molecular formula is C21H30O2. The van der Waals surface area contributed by atoms with Crippen molar-refractivity contribution in [3.8, 4) is 0 Å². The van der Waals surface area contributed by atoms with Crippen molar-refractivity contribution in [2.45, 2.75) is 70.3 Å². The van der Waals surface area contributed by atoms with Gasteiger partial charge >= 0.3 is 0 Å². The molecule has 1 N–H and O–H groups in total. The standard InChI is InChI=1S/C21H30O2/c1-3-10-21(23)12-9-19-18-6-4-14-13-15(22)5-7-16(14)17(18)8-11-20(19,21)2/h3,13,16-19,23H,1,4-12H2,2H3/t16-,17+,18+,19-,20-,21-/m0/s1. The van der Waals surface area contributed by atoms with Gasteiger partial charge in [0, 0.05) is 6.42 Å². The first-order chi connectivity index (χ1) is 11.0. The topological polar surface area (TPSA) is 37.3 Å². The van der Waals surface area contributed by atoms with Crippen LogP contribution < -0.4 is 0 Å². The first-order valence-electron chi connectivity index (χ1n) is 9.55. The third-order valence-corrected chi connectivity index (χ3v) is 8.10. The number of carbonyl (C=O) groups is 1. The summed E-state index contributed by atoms with van der Waals surface area (Å²) in [6.45, 7) is 6.23. The minimum absolute atomic E-state index is 0.0636. The zero-order valence-electron chi connectivity index (χ0n) is 14.4. The molecule has 2 nitrogen and oxygen atoms in total. The molecular weight excluding hydrogens is 284 g/mol. The normalized spacial score (nSPS) is 49.0. The van der Waals surface area contributed by atoms with E-state index < -0.39 is 5.60 Å². The van der Waals surface area contributed by atoms with Gasteiger partial charge in [0.05, 0.1) is 5.60 Å². The smallest absolute Gasteiger partial charge is 0.155 e.